The van der Waals surface area contributed by atoms with Gasteiger partial charge < -0.3 is 5.11 Å². The molecule has 0 atom stereocenters. The van der Waals surface area contributed by atoms with Crippen LogP contribution in [0.4, 0.5) is 0 Å². The number of phenolic OH excluding ortho intramolecular Hbond substituents is 1. The quantitative estimate of drug-likeness (QED) is 0.209. The molecule has 0 radical (unpaired) electrons. The number of pyridine rings is 1. The predicted molar refractivity (Wildman–Crippen MR) is 188 cm³/mol. The summed E-state index contributed by atoms with van der Waals surface area (Å²) < 4.78 is 2.23. The van der Waals surface area contributed by atoms with Gasteiger partial charge in [0.15, 0.2) is 0 Å². The number of benzene rings is 6. The molecule has 6 aromatic carbocycles. The Balaban J connectivity index is 1.44. The Morgan fingerprint density at radius 1 is 0.478 bits per heavy atom. The van der Waals surface area contributed by atoms with Crippen LogP contribution in [0.5, 0.6) is 5.75 Å². The molecule has 4 nitrogen and oxygen atoms in total. The molecule has 0 aliphatic heterocycles. The molecule has 4 heteroatoms. The molecule has 8 rings (SSSR count). The van der Waals surface area contributed by atoms with E-state index in [0.717, 1.165) is 72.6 Å². The number of aromatic hydroxyl groups is 1. The van der Waals surface area contributed by atoms with Crippen molar-refractivity contribution in [3.63, 3.8) is 0 Å². The zero-order valence-electron chi connectivity index (χ0n) is 25.0. The van der Waals surface area contributed by atoms with Gasteiger partial charge in [0.05, 0.1) is 16.9 Å². The summed E-state index contributed by atoms with van der Waals surface area (Å²) in [6.07, 6.45) is 3.97. The molecule has 8 aromatic rings. The minimum Gasteiger partial charge on any atom is -0.507 e. The van der Waals surface area contributed by atoms with Crippen molar-refractivity contribution in [2.45, 2.75) is 0 Å². The first-order chi connectivity index (χ1) is 22.7. The van der Waals surface area contributed by atoms with Crippen LogP contribution in [-0.4, -0.2) is 19.6 Å². The van der Waals surface area contributed by atoms with Crippen LogP contribution in [0.1, 0.15) is 0 Å². The standard InChI is InChI=1S/C42H29N3O/c46-39-25-8-7-21-34(39)32-18-9-19-33(27-32)42-44-38(37-24-10-17-31-20-12-26-43-40(31)37)28-45(42)41-35(29-13-3-1-4-14-29)22-11-23-36(41)30-15-5-2-6-16-30/h1-28,46H. The summed E-state index contributed by atoms with van der Waals surface area (Å²) in [5.74, 6) is 1.03. The third-order valence-corrected chi connectivity index (χ3v) is 8.40. The molecular weight excluding hydrogens is 562 g/mol. The van der Waals surface area contributed by atoms with Crippen LogP contribution in [-0.2, 0) is 0 Å². The van der Waals surface area contributed by atoms with Crippen molar-refractivity contribution in [2.75, 3.05) is 0 Å². The molecule has 2 aromatic heterocycles. The molecule has 0 amide bonds. The Kier molecular flexibility index (Phi) is 6.93. The van der Waals surface area contributed by atoms with Crippen molar-refractivity contribution in [1.29, 1.82) is 0 Å². The minimum absolute atomic E-state index is 0.242. The van der Waals surface area contributed by atoms with Crippen molar-refractivity contribution >= 4 is 10.9 Å². The van der Waals surface area contributed by atoms with E-state index in [2.05, 4.69) is 114 Å². The average Bonchev–Trinajstić information content (AvgIpc) is 3.57. The summed E-state index contributed by atoms with van der Waals surface area (Å²) in [6, 6.07) is 53.4. The van der Waals surface area contributed by atoms with E-state index in [1.807, 2.05) is 54.7 Å². The first-order valence-corrected chi connectivity index (χ1v) is 15.3. The monoisotopic (exact) mass is 591 g/mol. The maximum Gasteiger partial charge on any atom is 0.145 e. The van der Waals surface area contributed by atoms with Gasteiger partial charge in [0.1, 0.15) is 11.6 Å². The number of imidazole rings is 1. The van der Waals surface area contributed by atoms with Crippen LogP contribution in [0.3, 0.4) is 0 Å². The fourth-order valence-electron chi connectivity index (χ4n) is 6.24. The molecule has 1 N–H and O–H groups in total. The molecule has 0 saturated carbocycles. The second kappa shape index (κ2) is 11.7. The van der Waals surface area contributed by atoms with Crippen LogP contribution >= 0.6 is 0 Å². The highest BCUT2D eigenvalue weighted by Crippen LogP contribution is 2.40. The van der Waals surface area contributed by atoms with Crippen LogP contribution in [0.2, 0.25) is 0 Å². The second-order valence-electron chi connectivity index (χ2n) is 11.2. The van der Waals surface area contributed by atoms with Crippen molar-refractivity contribution in [1.82, 2.24) is 14.5 Å². The van der Waals surface area contributed by atoms with Gasteiger partial charge in [-0.15, -0.1) is 0 Å². The van der Waals surface area contributed by atoms with E-state index >= 15 is 0 Å². The highest BCUT2D eigenvalue weighted by Gasteiger charge is 2.21. The van der Waals surface area contributed by atoms with E-state index < -0.39 is 0 Å². The van der Waals surface area contributed by atoms with Crippen molar-refractivity contribution in [3.05, 3.63) is 170 Å². The maximum atomic E-state index is 10.7. The number of rotatable bonds is 6. The van der Waals surface area contributed by atoms with Crippen LogP contribution in [0.25, 0.3) is 72.6 Å². The predicted octanol–water partition coefficient (Wildman–Crippen LogP) is 10.5. The highest BCUT2D eigenvalue weighted by molar-refractivity contribution is 5.94. The van der Waals surface area contributed by atoms with E-state index in [9.17, 15) is 5.11 Å². The number of para-hydroxylation sites is 3. The number of hydrogen-bond acceptors (Lipinski definition) is 3. The summed E-state index contributed by atoms with van der Waals surface area (Å²) in [5, 5.41) is 11.8. The van der Waals surface area contributed by atoms with Gasteiger partial charge in [0.25, 0.3) is 0 Å². The fraction of sp³-hybridized carbons (Fsp3) is 0. The number of nitrogens with zero attached hydrogens (tertiary/aromatic N) is 3. The van der Waals surface area contributed by atoms with Gasteiger partial charge in [-0.2, -0.15) is 0 Å². The Hall–Kier alpha value is -6.26. The van der Waals surface area contributed by atoms with Crippen LogP contribution < -0.4 is 0 Å². The van der Waals surface area contributed by atoms with E-state index in [-0.39, 0.29) is 5.75 Å². The van der Waals surface area contributed by atoms with E-state index in [1.54, 1.807) is 6.07 Å². The molecular formula is C42H29N3O. The molecule has 46 heavy (non-hydrogen) atoms. The summed E-state index contributed by atoms with van der Waals surface area (Å²) in [7, 11) is 0. The normalized spacial score (nSPS) is 11.1. The molecule has 0 bridgehead atoms. The zero-order chi connectivity index (χ0) is 30.9. The Bertz CT molecular complexity index is 2260. The Morgan fingerprint density at radius 3 is 1.78 bits per heavy atom. The Morgan fingerprint density at radius 2 is 1.04 bits per heavy atom. The van der Waals surface area contributed by atoms with E-state index in [1.165, 1.54) is 0 Å². The number of phenols is 1. The summed E-state index contributed by atoms with van der Waals surface area (Å²) in [4.78, 5) is 10.1. The SMILES string of the molecule is Oc1ccccc1-c1cccc(-c2nc(-c3cccc4cccnc34)cn2-c2c(-c3ccccc3)cccc2-c2ccccc2)c1. The first kappa shape index (κ1) is 27.3. The van der Waals surface area contributed by atoms with E-state index in [0.29, 0.717) is 0 Å². The average molecular weight is 592 g/mol. The largest absolute Gasteiger partial charge is 0.507 e. The van der Waals surface area contributed by atoms with Gasteiger partial charge in [-0.25, -0.2) is 4.98 Å². The topological polar surface area (TPSA) is 50.9 Å². The van der Waals surface area contributed by atoms with Gasteiger partial charge in [0.2, 0.25) is 0 Å². The van der Waals surface area contributed by atoms with Gasteiger partial charge in [-0.3, -0.25) is 9.55 Å². The van der Waals surface area contributed by atoms with Gasteiger partial charge in [0, 0.05) is 45.6 Å². The van der Waals surface area contributed by atoms with Crippen molar-refractivity contribution in [2.24, 2.45) is 0 Å². The number of hydrogen-bond donors (Lipinski definition) is 1. The number of aromatic nitrogens is 3. The van der Waals surface area contributed by atoms with Crippen LogP contribution in [0.15, 0.2) is 170 Å². The molecule has 0 fully saturated rings. The lowest BCUT2D eigenvalue weighted by Crippen LogP contribution is -2.02. The maximum absolute atomic E-state index is 10.7. The zero-order valence-corrected chi connectivity index (χ0v) is 25.0. The molecule has 0 aliphatic carbocycles. The van der Waals surface area contributed by atoms with E-state index in [4.69, 9.17) is 9.97 Å². The smallest absolute Gasteiger partial charge is 0.145 e. The van der Waals surface area contributed by atoms with Gasteiger partial charge in [-0.1, -0.05) is 140 Å². The van der Waals surface area contributed by atoms with Crippen LogP contribution in [0, 0.1) is 0 Å². The lowest BCUT2D eigenvalue weighted by molar-refractivity contribution is 0.477. The lowest BCUT2D eigenvalue weighted by atomic mass is 9.95. The fourth-order valence-corrected chi connectivity index (χ4v) is 6.24. The lowest BCUT2D eigenvalue weighted by Gasteiger charge is -2.19. The Labute approximate surface area is 267 Å². The molecule has 0 unspecified atom stereocenters. The molecule has 0 aliphatic rings. The van der Waals surface area contributed by atoms with Gasteiger partial charge >= 0.3 is 0 Å². The highest BCUT2D eigenvalue weighted by atomic mass is 16.3. The summed E-state index contributed by atoms with van der Waals surface area (Å²) >= 11 is 0. The van der Waals surface area contributed by atoms with Crippen molar-refractivity contribution in [3.8, 4) is 67.5 Å². The van der Waals surface area contributed by atoms with Gasteiger partial charge in [-0.05, 0) is 34.9 Å². The second-order valence-corrected chi connectivity index (χ2v) is 11.2. The molecule has 218 valence electrons. The molecule has 0 saturated heterocycles. The van der Waals surface area contributed by atoms with Crippen molar-refractivity contribution < 1.29 is 5.11 Å². The summed E-state index contributed by atoms with van der Waals surface area (Å²) in [5.41, 5.74) is 10.8. The molecule has 2 heterocycles. The minimum atomic E-state index is 0.242. The number of fused-ring (bicyclic) bond motifs is 1. The first-order valence-electron chi connectivity index (χ1n) is 15.3. The third kappa shape index (κ3) is 4.92. The third-order valence-electron chi connectivity index (χ3n) is 8.40. The molecule has 0 spiro atoms. The summed E-state index contributed by atoms with van der Waals surface area (Å²) in [6.45, 7) is 0.